The van der Waals surface area contributed by atoms with Gasteiger partial charge in [-0.15, -0.1) is 0 Å². The van der Waals surface area contributed by atoms with Crippen molar-refractivity contribution in [2.75, 3.05) is 24.5 Å². The van der Waals surface area contributed by atoms with Crippen LogP contribution in [0.25, 0.3) is 0 Å². The summed E-state index contributed by atoms with van der Waals surface area (Å²) in [6, 6.07) is 0.135. The SMILES string of the molecule is CCNC(C)c1nc(N2CCCCC2)no1. The molecule has 2 heterocycles. The van der Waals surface area contributed by atoms with Crippen LogP contribution in [0.2, 0.25) is 0 Å². The minimum absolute atomic E-state index is 0.135. The number of nitrogens with one attached hydrogen (secondary N) is 1. The molecular weight excluding hydrogens is 204 g/mol. The topological polar surface area (TPSA) is 54.2 Å². The van der Waals surface area contributed by atoms with Gasteiger partial charge in [0, 0.05) is 13.1 Å². The van der Waals surface area contributed by atoms with Crippen LogP contribution in [0.1, 0.15) is 45.0 Å². The molecule has 0 radical (unpaired) electrons. The quantitative estimate of drug-likeness (QED) is 0.844. The summed E-state index contributed by atoms with van der Waals surface area (Å²) in [4.78, 5) is 6.64. The lowest BCUT2D eigenvalue weighted by molar-refractivity contribution is 0.341. The molecule has 5 nitrogen and oxygen atoms in total. The number of rotatable bonds is 4. The third kappa shape index (κ3) is 2.52. The van der Waals surface area contributed by atoms with Crippen LogP contribution in [0.5, 0.6) is 0 Å². The second kappa shape index (κ2) is 5.30. The van der Waals surface area contributed by atoms with E-state index in [0.29, 0.717) is 5.89 Å². The van der Waals surface area contributed by atoms with Crippen LogP contribution in [0.4, 0.5) is 5.95 Å². The Balaban J connectivity index is 2.00. The standard InChI is InChI=1S/C11H20N4O/c1-3-12-9(2)10-13-11(14-16-10)15-7-5-4-6-8-15/h9,12H,3-8H2,1-2H3. The van der Waals surface area contributed by atoms with Crippen molar-refractivity contribution in [2.45, 2.75) is 39.2 Å². The largest absolute Gasteiger partial charge is 0.338 e. The van der Waals surface area contributed by atoms with Crippen LogP contribution in [0.15, 0.2) is 4.52 Å². The van der Waals surface area contributed by atoms with E-state index in [1.54, 1.807) is 0 Å². The van der Waals surface area contributed by atoms with E-state index in [2.05, 4.69) is 27.3 Å². The van der Waals surface area contributed by atoms with Crippen LogP contribution in [0.3, 0.4) is 0 Å². The molecule has 0 aliphatic carbocycles. The van der Waals surface area contributed by atoms with Crippen molar-refractivity contribution in [2.24, 2.45) is 0 Å². The number of anilines is 1. The Kier molecular flexibility index (Phi) is 3.77. The highest BCUT2D eigenvalue weighted by Gasteiger charge is 2.18. The van der Waals surface area contributed by atoms with Gasteiger partial charge in [-0.2, -0.15) is 4.98 Å². The van der Waals surface area contributed by atoms with Crippen LogP contribution in [-0.2, 0) is 0 Å². The highest BCUT2D eigenvalue weighted by molar-refractivity contribution is 5.28. The summed E-state index contributed by atoms with van der Waals surface area (Å²) in [7, 11) is 0. The smallest absolute Gasteiger partial charge is 0.266 e. The summed E-state index contributed by atoms with van der Waals surface area (Å²) in [5.41, 5.74) is 0. The molecule has 0 amide bonds. The first-order valence-electron chi connectivity index (χ1n) is 6.13. The molecule has 1 fully saturated rings. The molecule has 1 saturated heterocycles. The Labute approximate surface area is 96.2 Å². The Bertz CT molecular complexity index is 320. The Morgan fingerprint density at radius 1 is 1.38 bits per heavy atom. The van der Waals surface area contributed by atoms with E-state index in [1.807, 2.05) is 6.92 Å². The van der Waals surface area contributed by atoms with Crippen molar-refractivity contribution in [3.8, 4) is 0 Å². The van der Waals surface area contributed by atoms with E-state index in [1.165, 1.54) is 19.3 Å². The van der Waals surface area contributed by atoms with Gasteiger partial charge in [-0.05, 0) is 37.9 Å². The van der Waals surface area contributed by atoms with Crippen molar-refractivity contribution >= 4 is 5.95 Å². The zero-order chi connectivity index (χ0) is 11.4. The van der Waals surface area contributed by atoms with Gasteiger partial charge in [0.1, 0.15) is 0 Å². The molecule has 0 saturated carbocycles. The van der Waals surface area contributed by atoms with E-state index in [-0.39, 0.29) is 6.04 Å². The van der Waals surface area contributed by atoms with E-state index in [0.717, 1.165) is 25.6 Å². The van der Waals surface area contributed by atoms with Gasteiger partial charge < -0.3 is 14.7 Å². The molecule has 1 atom stereocenters. The van der Waals surface area contributed by atoms with Crippen molar-refractivity contribution in [1.29, 1.82) is 0 Å². The molecule has 0 spiro atoms. The summed E-state index contributed by atoms with van der Waals surface area (Å²) >= 11 is 0. The first-order valence-corrected chi connectivity index (χ1v) is 6.13. The first kappa shape index (κ1) is 11.4. The van der Waals surface area contributed by atoms with Gasteiger partial charge in [-0.25, -0.2) is 0 Å². The molecule has 1 aromatic heterocycles. The monoisotopic (exact) mass is 224 g/mol. The zero-order valence-corrected chi connectivity index (χ0v) is 10.1. The molecular formula is C11H20N4O. The molecule has 0 bridgehead atoms. The van der Waals surface area contributed by atoms with Crippen molar-refractivity contribution in [1.82, 2.24) is 15.5 Å². The van der Waals surface area contributed by atoms with Crippen molar-refractivity contribution in [3.05, 3.63) is 5.89 Å². The molecule has 2 rings (SSSR count). The molecule has 1 aromatic rings. The summed E-state index contributed by atoms with van der Waals surface area (Å²) in [6.45, 7) is 7.11. The molecule has 1 aliphatic rings. The third-order valence-corrected chi connectivity index (χ3v) is 2.95. The zero-order valence-electron chi connectivity index (χ0n) is 10.1. The lowest BCUT2D eigenvalue weighted by Crippen LogP contribution is -2.30. The molecule has 16 heavy (non-hydrogen) atoms. The second-order valence-corrected chi connectivity index (χ2v) is 4.26. The second-order valence-electron chi connectivity index (χ2n) is 4.26. The Morgan fingerprint density at radius 3 is 2.81 bits per heavy atom. The maximum atomic E-state index is 5.27. The fourth-order valence-corrected chi connectivity index (χ4v) is 2.02. The summed E-state index contributed by atoms with van der Waals surface area (Å²) in [5.74, 6) is 1.43. The number of nitrogens with zero attached hydrogens (tertiary/aromatic N) is 3. The van der Waals surface area contributed by atoms with E-state index < -0.39 is 0 Å². The van der Waals surface area contributed by atoms with Gasteiger partial charge in [0.2, 0.25) is 5.89 Å². The Hall–Kier alpha value is -1.10. The van der Waals surface area contributed by atoms with Crippen LogP contribution < -0.4 is 10.2 Å². The summed E-state index contributed by atoms with van der Waals surface area (Å²) < 4.78 is 5.27. The van der Waals surface area contributed by atoms with Gasteiger partial charge in [-0.1, -0.05) is 6.92 Å². The third-order valence-electron chi connectivity index (χ3n) is 2.95. The number of hydrogen-bond acceptors (Lipinski definition) is 5. The molecule has 1 aliphatic heterocycles. The van der Waals surface area contributed by atoms with Crippen LogP contribution in [0, 0.1) is 0 Å². The van der Waals surface area contributed by atoms with Crippen molar-refractivity contribution < 1.29 is 4.52 Å². The molecule has 1 N–H and O–H groups in total. The highest BCUT2D eigenvalue weighted by Crippen LogP contribution is 2.18. The van der Waals surface area contributed by atoms with Gasteiger partial charge >= 0.3 is 0 Å². The Morgan fingerprint density at radius 2 is 2.12 bits per heavy atom. The van der Waals surface area contributed by atoms with Gasteiger partial charge in [0.05, 0.1) is 6.04 Å². The molecule has 1 unspecified atom stereocenters. The van der Waals surface area contributed by atoms with Crippen molar-refractivity contribution in [3.63, 3.8) is 0 Å². The number of aromatic nitrogens is 2. The minimum atomic E-state index is 0.135. The van der Waals surface area contributed by atoms with Crippen LogP contribution >= 0.6 is 0 Å². The summed E-state index contributed by atoms with van der Waals surface area (Å²) in [6.07, 6.45) is 3.77. The minimum Gasteiger partial charge on any atom is -0.338 e. The fourth-order valence-electron chi connectivity index (χ4n) is 2.02. The molecule has 0 aromatic carbocycles. The van der Waals surface area contributed by atoms with Gasteiger partial charge in [-0.3, -0.25) is 0 Å². The van der Waals surface area contributed by atoms with E-state index in [9.17, 15) is 0 Å². The number of hydrogen-bond donors (Lipinski definition) is 1. The maximum Gasteiger partial charge on any atom is 0.266 e. The average molecular weight is 224 g/mol. The first-order chi connectivity index (χ1) is 7.81. The average Bonchev–Trinajstić information content (AvgIpc) is 2.80. The highest BCUT2D eigenvalue weighted by atomic mass is 16.5. The normalized spacial score (nSPS) is 18.8. The molecule has 5 heteroatoms. The predicted octanol–water partition coefficient (Wildman–Crippen LogP) is 1.73. The van der Waals surface area contributed by atoms with Gasteiger partial charge in [0.25, 0.3) is 5.95 Å². The van der Waals surface area contributed by atoms with Gasteiger partial charge in [0.15, 0.2) is 0 Å². The predicted molar refractivity (Wildman–Crippen MR) is 62.5 cm³/mol. The van der Waals surface area contributed by atoms with E-state index >= 15 is 0 Å². The van der Waals surface area contributed by atoms with Crippen LogP contribution in [-0.4, -0.2) is 29.8 Å². The fraction of sp³-hybridized carbons (Fsp3) is 0.818. The molecule has 90 valence electrons. The van der Waals surface area contributed by atoms with E-state index in [4.69, 9.17) is 4.52 Å². The lowest BCUT2D eigenvalue weighted by Gasteiger charge is -2.24. The lowest BCUT2D eigenvalue weighted by atomic mass is 10.1. The summed E-state index contributed by atoms with van der Waals surface area (Å²) in [5, 5.41) is 7.31. The maximum absolute atomic E-state index is 5.27. The number of piperidine rings is 1.